The van der Waals surface area contributed by atoms with Crippen LogP contribution in [0.1, 0.15) is 34.6 Å². The van der Waals surface area contributed by atoms with Crippen LogP contribution in [0.15, 0.2) is 57.7 Å². The van der Waals surface area contributed by atoms with Gasteiger partial charge in [-0.15, -0.1) is 0 Å². The number of carbonyl (C=O) groups excluding carboxylic acids is 1. The van der Waals surface area contributed by atoms with Crippen LogP contribution in [0.25, 0.3) is 11.0 Å². The third kappa shape index (κ3) is 3.08. The van der Waals surface area contributed by atoms with E-state index in [-0.39, 0.29) is 29.3 Å². The summed E-state index contributed by atoms with van der Waals surface area (Å²) < 4.78 is 7.80. The van der Waals surface area contributed by atoms with Crippen molar-refractivity contribution in [3.05, 3.63) is 70.3 Å². The predicted molar refractivity (Wildman–Crippen MR) is 111 cm³/mol. The fourth-order valence-electron chi connectivity index (χ4n) is 5.06. The molecule has 2 aliphatic heterocycles. The summed E-state index contributed by atoms with van der Waals surface area (Å²) in [6.45, 7) is 2.04. The summed E-state index contributed by atoms with van der Waals surface area (Å²) in [5.41, 5.74) is 1.83. The van der Waals surface area contributed by atoms with Crippen molar-refractivity contribution in [2.45, 2.75) is 18.4 Å². The summed E-state index contributed by atoms with van der Waals surface area (Å²) in [6, 6.07) is 15.1. The average Bonchev–Trinajstić information content (AvgIpc) is 3.14. The highest BCUT2D eigenvalue weighted by Crippen LogP contribution is 2.41. The van der Waals surface area contributed by atoms with Crippen LogP contribution in [0.3, 0.4) is 0 Å². The lowest BCUT2D eigenvalue weighted by atomic mass is 9.78. The molecule has 5 rings (SSSR count). The van der Waals surface area contributed by atoms with Gasteiger partial charge in [-0.25, -0.2) is 0 Å². The van der Waals surface area contributed by atoms with E-state index in [2.05, 4.69) is 4.90 Å². The standard InChI is InChI=1S/C23H25N3O3/c1-24(2)14-19-17-10-16(18-7-5-9-22(27)26(18)19)12-25(13-17)23(28)21-11-15-6-3-4-8-20(15)29-21/h3-9,11,16-17,19H,10,12-14H2,1-2H3/t16-,17+,19+/m1/s1. The Bertz CT molecular complexity index is 1100. The number of hydrogen-bond donors (Lipinski definition) is 0. The van der Waals surface area contributed by atoms with Crippen LogP contribution < -0.4 is 5.56 Å². The molecule has 0 aliphatic carbocycles. The quantitative estimate of drug-likeness (QED) is 0.689. The molecule has 1 aromatic carbocycles. The number of fused-ring (bicyclic) bond motifs is 5. The summed E-state index contributed by atoms with van der Waals surface area (Å²) in [5.74, 6) is 0.749. The van der Waals surface area contributed by atoms with E-state index in [9.17, 15) is 9.59 Å². The number of para-hydroxylation sites is 1. The average molecular weight is 391 g/mol. The van der Waals surface area contributed by atoms with Gasteiger partial charge in [-0.05, 0) is 44.6 Å². The number of amides is 1. The molecule has 3 atom stereocenters. The number of rotatable bonds is 3. The maximum atomic E-state index is 13.3. The molecule has 2 aliphatic rings. The number of hydrogen-bond acceptors (Lipinski definition) is 4. The van der Waals surface area contributed by atoms with Crippen molar-refractivity contribution in [1.29, 1.82) is 0 Å². The first-order chi connectivity index (χ1) is 14.0. The van der Waals surface area contributed by atoms with Crippen molar-refractivity contribution in [2.24, 2.45) is 5.92 Å². The molecule has 29 heavy (non-hydrogen) atoms. The minimum absolute atomic E-state index is 0.0566. The monoisotopic (exact) mass is 391 g/mol. The Balaban J connectivity index is 1.50. The number of benzene rings is 1. The minimum atomic E-state index is -0.0637. The second-order valence-electron chi connectivity index (χ2n) is 8.54. The normalized spacial score (nSPS) is 23.4. The van der Waals surface area contributed by atoms with Gasteiger partial charge in [-0.2, -0.15) is 0 Å². The van der Waals surface area contributed by atoms with Gasteiger partial charge in [-0.3, -0.25) is 9.59 Å². The lowest BCUT2D eigenvalue weighted by Gasteiger charge is -2.47. The zero-order chi connectivity index (χ0) is 20.1. The second-order valence-corrected chi connectivity index (χ2v) is 8.54. The van der Waals surface area contributed by atoms with E-state index in [1.807, 2.05) is 66.0 Å². The molecule has 150 valence electrons. The summed E-state index contributed by atoms with van der Waals surface area (Å²) >= 11 is 0. The Morgan fingerprint density at radius 1 is 1.14 bits per heavy atom. The molecular formula is C23H25N3O3. The van der Waals surface area contributed by atoms with Crippen LogP contribution >= 0.6 is 0 Å². The van der Waals surface area contributed by atoms with E-state index in [4.69, 9.17) is 4.42 Å². The Kier molecular flexibility index (Phi) is 4.32. The van der Waals surface area contributed by atoms with Crippen LogP contribution in [0, 0.1) is 5.92 Å². The summed E-state index contributed by atoms with van der Waals surface area (Å²) in [6.07, 6.45) is 1.01. The third-order valence-corrected chi connectivity index (χ3v) is 6.27. The highest BCUT2D eigenvalue weighted by atomic mass is 16.3. The number of likely N-dealkylation sites (tertiary alicyclic amines) is 1. The molecule has 2 bridgehead atoms. The highest BCUT2D eigenvalue weighted by Gasteiger charge is 2.42. The molecule has 1 fully saturated rings. The Morgan fingerprint density at radius 3 is 2.76 bits per heavy atom. The molecule has 3 aromatic rings. The van der Waals surface area contributed by atoms with Crippen molar-refractivity contribution in [1.82, 2.24) is 14.4 Å². The van der Waals surface area contributed by atoms with E-state index in [1.165, 1.54) is 0 Å². The first-order valence-corrected chi connectivity index (χ1v) is 10.2. The van der Waals surface area contributed by atoms with Gasteiger partial charge in [0.05, 0.1) is 6.04 Å². The lowest BCUT2D eigenvalue weighted by Crippen LogP contribution is -2.52. The van der Waals surface area contributed by atoms with Crippen LogP contribution in [0.5, 0.6) is 0 Å². The summed E-state index contributed by atoms with van der Waals surface area (Å²) in [4.78, 5) is 30.0. The molecule has 0 unspecified atom stereocenters. The first kappa shape index (κ1) is 18.2. The van der Waals surface area contributed by atoms with Crippen molar-refractivity contribution in [3.8, 4) is 0 Å². The molecular weight excluding hydrogens is 366 g/mol. The van der Waals surface area contributed by atoms with Crippen LogP contribution in [-0.2, 0) is 0 Å². The van der Waals surface area contributed by atoms with Crippen LogP contribution in [0.4, 0.5) is 0 Å². The fraction of sp³-hybridized carbons (Fsp3) is 0.391. The minimum Gasteiger partial charge on any atom is -0.451 e. The van der Waals surface area contributed by atoms with Crippen molar-refractivity contribution >= 4 is 16.9 Å². The molecule has 0 spiro atoms. The smallest absolute Gasteiger partial charge is 0.289 e. The predicted octanol–water partition coefficient (Wildman–Crippen LogP) is 2.96. The zero-order valence-corrected chi connectivity index (χ0v) is 16.7. The molecule has 1 amide bonds. The van der Waals surface area contributed by atoms with Gasteiger partial charge >= 0.3 is 0 Å². The van der Waals surface area contributed by atoms with E-state index in [1.54, 1.807) is 6.07 Å². The maximum absolute atomic E-state index is 13.3. The Labute approximate surface area is 169 Å². The maximum Gasteiger partial charge on any atom is 0.289 e. The first-order valence-electron chi connectivity index (χ1n) is 10.2. The number of carbonyl (C=O) groups is 1. The lowest BCUT2D eigenvalue weighted by molar-refractivity contribution is 0.0473. The molecule has 0 N–H and O–H groups in total. The van der Waals surface area contributed by atoms with Crippen LogP contribution in [0.2, 0.25) is 0 Å². The summed E-state index contributed by atoms with van der Waals surface area (Å²) in [5, 5.41) is 0.940. The number of likely N-dealkylation sites (N-methyl/N-ethyl adjacent to an activating group) is 1. The van der Waals surface area contributed by atoms with Gasteiger partial charge in [0.1, 0.15) is 5.58 Å². The largest absolute Gasteiger partial charge is 0.451 e. The molecule has 1 saturated heterocycles. The van der Waals surface area contributed by atoms with Crippen molar-refractivity contribution in [2.75, 3.05) is 33.7 Å². The van der Waals surface area contributed by atoms with E-state index in [0.29, 0.717) is 18.8 Å². The van der Waals surface area contributed by atoms with Crippen LogP contribution in [-0.4, -0.2) is 54.0 Å². The number of nitrogens with zero attached hydrogens (tertiary/aromatic N) is 3. The SMILES string of the molecule is CN(C)C[C@H]1[C@H]2C[C@H](CN(C(=O)c3cc4ccccc4o3)C2)c2cccc(=O)n21. The molecule has 6 nitrogen and oxygen atoms in total. The van der Waals surface area contributed by atoms with E-state index >= 15 is 0 Å². The van der Waals surface area contributed by atoms with Gasteiger partial charge in [0.15, 0.2) is 5.76 Å². The molecule has 4 heterocycles. The van der Waals surface area contributed by atoms with Gasteiger partial charge < -0.3 is 18.8 Å². The van der Waals surface area contributed by atoms with Crippen molar-refractivity contribution < 1.29 is 9.21 Å². The molecule has 0 radical (unpaired) electrons. The highest BCUT2D eigenvalue weighted by molar-refractivity contribution is 5.96. The fourth-order valence-corrected chi connectivity index (χ4v) is 5.06. The number of furan rings is 1. The summed E-state index contributed by atoms with van der Waals surface area (Å²) in [7, 11) is 4.06. The number of aromatic nitrogens is 1. The Hall–Kier alpha value is -2.86. The topological polar surface area (TPSA) is 58.7 Å². The second kappa shape index (κ2) is 6.88. The number of piperidine rings is 1. The number of pyridine rings is 1. The molecule has 6 heteroatoms. The zero-order valence-electron chi connectivity index (χ0n) is 16.7. The van der Waals surface area contributed by atoms with Crippen molar-refractivity contribution in [3.63, 3.8) is 0 Å². The van der Waals surface area contributed by atoms with E-state index < -0.39 is 0 Å². The third-order valence-electron chi connectivity index (χ3n) is 6.27. The van der Waals surface area contributed by atoms with Gasteiger partial charge in [0.25, 0.3) is 11.5 Å². The van der Waals surface area contributed by atoms with E-state index in [0.717, 1.165) is 29.6 Å². The molecule has 0 saturated carbocycles. The Morgan fingerprint density at radius 2 is 1.97 bits per heavy atom. The van der Waals surface area contributed by atoms with Gasteiger partial charge in [-0.1, -0.05) is 24.3 Å². The van der Waals surface area contributed by atoms with Gasteiger partial charge in [0.2, 0.25) is 0 Å². The van der Waals surface area contributed by atoms with Gasteiger partial charge in [0, 0.05) is 42.7 Å². The molecule has 2 aromatic heterocycles.